The molecule has 10 heteroatoms. The van der Waals surface area contributed by atoms with E-state index >= 15 is 0 Å². The first kappa shape index (κ1) is 23.8. The number of amides is 1. The number of piperidine rings is 1. The minimum absolute atomic E-state index is 0.119. The molecular formula is C23H31FN4O4S. The predicted octanol–water partition coefficient (Wildman–Crippen LogP) is 2.57. The number of halogens is 1. The molecule has 2 aliphatic rings. The number of sulfonamides is 1. The van der Waals surface area contributed by atoms with Crippen molar-refractivity contribution in [2.24, 2.45) is 5.92 Å². The first-order chi connectivity index (χ1) is 15.8. The summed E-state index contributed by atoms with van der Waals surface area (Å²) >= 11 is 0. The lowest BCUT2D eigenvalue weighted by Crippen LogP contribution is -2.45. The second-order valence-electron chi connectivity index (χ2n) is 8.91. The molecule has 2 aliphatic heterocycles. The Bertz CT molecular complexity index is 1060. The molecule has 1 aromatic carbocycles. The highest BCUT2D eigenvalue weighted by Crippen LogP contribution is 2.28. The van der Waals surface area contributed by atoms with E-state index in [1.54, 1.807) is 26.0 Å². The predicted molar refractivity (Wildman–Crippen MR) is 120 cm³/mol. The fraction of sp³-hybridized carbons (Fsp3) is 0.565. The summed E-state index contributed by atoms with van der Waals surface area (Å²) in [5.74, 6) is 0.00943. The Morgan fingerprint density at radius 3 is 2.39 bits per heavy atom. The summed E-state index contributed by atoms with van der Waals surface area (Å²) in [4.78, 5) is 17.5. The van der Waals surface area contributed by atoms with Crippen molar-refractivity contribution >= 4 is 15.9 Å². The van der Waals surface area contributed by atoms with E-state index in [0.29, 0.717) is 50.5 Å². The van der Waals surface area contributed by atoms with Gasteiger partial charge >= 0.3 is 0 Å². The van der Waals surface area contributed by atoms with Gasteiger partial charge in [-0.2, -0.15) is 4.31 Å². The molecule has 0 atom stereocenters. The number of nitrogens with zero attached hydrogens (tertiary/aromatic N) is 4. The van der Waals surface area contributed by atoms with E-state index in [1.807, 2.05) is 4.90 Å². The van der Waals surface area contributed by atoms with Crippen LogP contribution in [0.4, 0.5) is 4.39 Å². The normalized spacial score (nSPS) is 19.5. The highest BCUT2D eigenvalue weighted by molar-refractivity contribution is 7.89. The summed E-state index contributed by atoms with van der Waals surface area (Å²) in [5, 5.41) is 3.76. The van der Waals surface area contributed by atoms with E-state index in [2.05, 4.69) is 10.1 Å². The average molecular weight is 479 g/mol. The monoisotopic (exact) mass is 478 g/mol. The van der Waals surface area contributed by atoms with E-state index in [0.717, 1.165) is 31.6 Å². The molecule has 0 radical (unpaired) electrons. The third-order valence-corrected chi connectivity index (χ3v) is 8.73. The SMILES string of the molecule is Cc1noc(C)c1S(=O)(=O)N1CCC(C(=O)N2CCCN(Cc3ccc(F)cc3)CC2)CC1. The molecule has 33 heavy (non-hydrogen) atoms. The summed E-state index contributed by atoms with van der Waals surface area (Å²) in [6, 6.07) is 6.55. The Hall–Kier alpha value is -2.30. The first-order valence-electron chi connectivity index (χ1n) is 11.4. The van der Waals surface area contributed by atoms with Crippen molar-refractivity contribution in [3.63, 3.8) is 0 Å². The number of rotatable bonds is 5. The van der Waals surface area contributed by atoms with Gasteiger partial charge in [0.15, 0.2) is 5.76 Å². The topological polar surface area (TPSA) is 87.0 Å². The molecule has 3 heterocycles. The fourth-order valence-electron chi connectivity index (χ4n) is 4.77. The van der Waals surface area contributed by atoms with E-state index in [4.69, 9.17) is 4.52 Å². The van der Waals surface area contributed by atoms with Gasteiger partial charge < -0.3 is 9.42 Å². The van der Waals surface area contributed by atoms with Crippen molar-refractivity contribution in [3.05, 3.63) is 47.1 Å². The van der Waals surface area contributed by atoms with Gasteiger partial charge in [-0.15, -0.1) is 0 Å². The second-order valence-corrected chi connectivity index (χ2v) is 10.8. The minimum atomic E-state index is -3.68. The van der Waals surface area contributed by atoms with Gasteiger partial charge in [-0.25, -0.2) is 12.8 Å². The maximum absolute atomic E-state index is 13.2. The third kappa shape index (κ3) is 5.28. The van der Waals surface area contributed by atoms with Crippen molar-refractivity contribution in [1.29, 1.82) is 0 Å². The van der Waals surface area contributed by atoms with Crippen LogP contribution in [0.5, 0.6) is 0 Å². The van der Waals surface area contributed by atoms with Crippen LogP contribution in [-0.2, 0) is 21.4 Å². The standard InChI is InChI=1S/C23H31FN4O4S/c1-17-22(18(2)32-25-17)33(30,31)28-12-8-20(9-13-28)23(29)27-11-3-10-26(14-15-27)16-19-4-6-21(24)7-5-19/h4-7,20H,3,8-16H2,1-2H3. The fourth-order valence-corrected chi connectivity index (χ4v) is 6.53. The molecule has 0 aliphatic carbocycles. The highest BCUT2D eigenvalue weighted by Gasteiger charge is 2.36. The van der Waals surface area contributed by atoms with Gasteiger partial charge in [-0.05, 0) is 50.8 Å². The number of hydrogen-bond acceptors (Lipinski definition) is 6. The average Bonchev–Trinajstić information content (AvgIpc) is 2.99. The third-order valence-electron chi connectivity index (χ3n) is 6.59. The molecule has 0 spiro atoms. The largest absolute Gasteiger partial charge is 0.360 e. The molecule has 1 amide bonds. The zero-order valence-corrected chi connectivity index (χ0v) is 20.0. The number of carbonyl (C=O) groups excluding carboxylic acids is 1. The Morgan fingerprint density at radius 2 is 1.76 bits per heavy atom. The maximum Gasteiger partial charge on any atom is 0.248 e. The van der Waals surface area contributed by atoms with Crippen LogP contribution in [0.15, 0.2) is 33.7 Å². The quantitative estimate of drug-likeness (QED) is 0.657. The zero-order valence-electron chi connectivity index (χ0n) is 19.2. The van der Waals surface area contributed by atoms with Gasteiger partial charge in [-0.1, -0.05) is 17.3 Å². The number of carbonyl (C=O) groups is 1. The lowest BCUT2D eigenvalue weighted by Gasteiger charge is -2.33. The van der Waals surface area contributed by atoms with Crippen molar-refractivity contribution < 1.29 is 22.1 Å². The van der Waals surface area contributed by atoms with Crippen LogP contribution in [0.3, 0.4) is 0 Å². The van der Waals surface area contributed by atoms with Gasteiger partial charge in [0.2, 0.25) is 15.9 Å². The molecule has 2 fully saturated rings. The van der Waals surface area contributed by atoms with Gasteiger partial charge in [0, 0.05) is 51.7 Å². The van der Waals surface area contributed by atoms with Crippen LogP contribution in [0, 0.1) is 25.6 Å². The lowest BCUT2D eigenvalue weighted by atomic mass is 9.96. The lowest BCUT2D eigenvalue weighted by molar-refractivity contribution is -0.136. The van der Waals surface area contributed by atoms with Crippen molar-refractivity contribution in [2.45, 2.75) is 44.6 Å². The number of hydrogen-bond donors (Lipinski definition) is 0. The smallest absolute Gasteiger partial charge is 0.248 e. The van der Waals surface area contributed by atoms with Crippen LogP contribution in [0.25, 0.3) is 0 Å². The molecule has 0 saturated carbocycles. The molecule has 180 valence electrons. The molecule has 4 rings (SSSR count). The molecule has 0 bridgehead atoms. The van der Waals surface area contributed by atoms with Gasteiger partial charge in [0.05, 0.1) is 0 Å². The summed E-state index contributed by atoms with van der Waals surface area (Å²) in [6.07, 6.45) is 1.90. The van der Waals surface area contributed by atoms with Crippen LogP contribution < -0.4 is 0 Å². The number of aromatic nitrogens is 1. The van der Waals surface area contributed by atoms with Crippen LogP contribution in [0.1, 0.15) is 36.3 Å². The Morgan fingerprint density at radius 1 is 1.06 bits per heavy atom. The molecular weight excluding hydrogens is 447 g/mol. The summed E-state index contributed by atoms with van der Waals surface area (Å²) < 4.78 is 45.7. The molecule has 2 saturated heterocycles. The summed E-state index contributed by atoms with van der Waals surface area (Å²) in [6.45, 7) is 7.59. The molecule has 1 aromatic heterocycles. The first-order valence-corrected chi connectivity index (χ1v) is 12.9. The van der Waals surface area contributed by atoms with E-state index in [9.17, 15) is 17.6 Å². The van der Waals surface area contributed by atoms with Crippen molar-refractivity contribution in [1.82, 2.24) is 19.3 Å². The number of benzene rings is 1. The Balaban J connectivity index is 1.31. The van der Waals surface area contributed by atoms with E-state index < -0.39 is 10.0 Å². The van der Waals surface area contributed by atoms with Crippen molar-refractivity contribution in [2.75, 3.05) is 39.3 Å². The summed E-state index contributed by atoms with van der Waals surface area (Å²) in [5.41, 5.74) is 1.42. The van der Waals surface area contributed by atoms with E-state index in [1.165, 1.54) is 16.4 Å². The maximum atomic E-state index is 13.2. The molecule has 2 aromatic rings. The van der Waals surface area contributed by atoms with Crippen LogP contribution in [0.2, 0.25) is 0 Å². The molecule has 8 nitrogen and oxygen atoms in total. The molecule has 0 unspecified atom stereocenters. The minimum Gasteiger partial charge on any atom is -0.360 e. The van der Waals surface area contributed by atoms with Gasteiger partial charge in [-0.3, -0.25) is 9.69 Å². The van der Waals surface area contributed by atoms with Crippen LogP contribution in [-0.4, -0.2) is 72.9 Å². The number of aryl methyl sites for hydroxylation is 2. The molecule has 0 N–H and O–H groups in total. The van der Waals surface area contributed by atoms with Gasteiger partial charge in [0.25, 0.3) is 0 Å². The second kappa shape index (κ2) is 9.90. The summed E-state index contributed by atoms with van der Waals surface area (Å²) in [7, 11) is -3.68. The van der Waals surface area contributed by atoms with Gasteiger partial charge in [0.1, 0.15) is 16.4 Å². The Kier molecular flexibility index (Phi) is 7.16. The van der Waals surface area contributed by atoms with Crippen molar-refractivity contribution in [3.8, 4) is 0 Å². The van der Waals surface area contributed by atoms with E-state index in [-0.39, 0.29) is 22.5 Å². The van der Waals surface area contributed by atoms with Crippen LogP contribution >= 0.6 is 0 Å². The zero-order chi connectivity index (χ0) is 23.6. The Labute approximate surface area is 194 Å². The highest BCUT2D eigenvalue weighted by atomic mass is 32.2.